The molecule has 1 aliphatic rings. The second-order valence-corrected chi connectivity index (χ2v) is 6.50. The van der Waals surface area contributed by atoms with Gasteiger partial charge < -0.3 is 29.4 Å². The van der Waals surface area contributed by atoms with Crippen LogP contribution < -0.4 is 64.4 Å². The Balaban J connectivity index is 0. The van der Waals surface area contributed by atoms with Crippen LogP contribution in [0.15, 0.2) is 0 Å². The third kappa shape index (κ3) is 10.3. The number of ether oxygens (including phenoxy) is 1. The molecular weight excluding hydrogens is 412 g/mol. The molecule has 0 aliphatic carbocycles. The Labute approximate surface area is 187 Å². The first kappa shape index (κ1) is 28.3. The number of aliphatic hydroxyl groups is 2. The molecule has 0 radical (unpaired) electrons. The Kier molecular flexibility index (Phi) is 12.7. The molecule has 5 atom stereocenters. The Bertz CT molecular complexity index is 640. The first-order chi connectivity index (χ1) is 10.3. The van der Waals surface area contributed by atoms with Crippen molar-refractivity contribution < 1.29 is 113 Å². The van der Waals surface area contributed by atoms with E-state index in [1.165, 1.54) is 0 Å². The van der Waals surface area contributed by atoms with Crippen molar-refractivity contribution in [2.45, 2.75) is 37.6 Å². The van der Waals surface area contributed by atoms with E-state index in [1.807, 2.05) is 5.32 Å². The van der Waals surface area contributed by atoms with Gasteiger partial charge in [-0.15, -0.1) is 0 Å². The van der Waals surface area contributed by atoms with Crippen LogP contribution in [0.4, 0.5) is 0 Å². The average Bonchev–Trinajstić information content (AvgIpc) is 2.33. The first-order valence-electron chi connectivity index (χ1n) is 5.83. The Morgan fingerprint density at radius 3 is 2.08 bits per heavy atom. The molecule has 1 fully saturated rings. The van der Waals surface area contributed by atoms with Gasteiger partial charge in [0.1, 0.15) is 24.4 Å². The molecule has 0 bridgehead atoms. The van der Waals surface area contributed by atoms with Crippen molar-refractivity contribution in [3.8, 4) is 0 Å². The molecular formula is C8H13NNa2O12S2. The molecule has 5 unspecified atom stereocenters. The van der Waals surface area contributed by atoms with Crippen LogP contribution in [-0.4, -0.2) is 79.3 Å². The summed E-state index contributed by atoms with van der Waals surface area (Å²) in [6, 6.07) is -1.58. The van der Waals surface area contributed by atoms with Gasteiger partial charge in [-0.2, -0.15) is 0 Å². The number of carbonyl (C=O) groups is 1. The molecule has 0 aromatic heterocycles. The number of hydrogen-bond donors (Lipinski definition) is 3. The molecule has 0 aromatic carbocycles. The first-order valence-corrected chi connectivity index (χ1v) is 8.50. The normalized spacial score (nSPS) is 29.9. The summed E-state index contributed by atoms with van der Waals surface area (Å²) in [5.74, 6) is -0.739. The van der Waals surface area contributed by atoms with Gasteiger partial charge in [-0.25, -0.2) is 16.8 Å². The zero-order valence-corrected chi connectivity index (χ0v) is 19.0. The third-order valence-corrected chi connectivity index (χ3v) is 3.55. The minimum absolute atomic E-state index is 0. The quantitative estimate of drug-likeness (QED) is 0.206. The molecule has 1 aliphatic heterocycles. The van der Waals surface area contributed by atoms with Crippen LogP contribution in [0.25, 0.3) is 0 Å². The van der Waals surface area contributed by atoms with Gasteiger partial charge in [0, 0.05) is 6.92 Å². The van der Waals surface area contributed by atoms with Crippen molar-refractivity contribution in [1.29, 1.82) is 0 Å². The minimum atomic E-state index is -5.38. The maximum Gasteiger partial charge on any atom is 1.00 e. The molecule has 17 heteroatoms. The van der Waals surface area contributed by atoms with E-state index in [2.05, 4.69) is 8.37 Å². The van der Waals surface area contributed by atoms with Gasteiger partial charge in [0.05, 0.1) is 6.61 Å². The predicted octanol–water partition coefficient (Wildman–Crippen LogP) is -10.1. The number of aliphatic hydroxyl groups excluding tert-OH is 2. The smallest absolute Gasteiger partial charge is 0.726 e. The fourth-order valence-corrected chi connectivity index (χ4v) is 2.68. The van der Waals surface area contributed by atoms with E-state index in [9.17, 15) is 40.9 Å². The monoisotopic (exact) mass is 425 g/mol. The third-order valence-electron chi connectivity index (χ3n) is 2.67. The maximum atomic E-state index is 11.0. The predicted molar refractivity (Wildman–Crippen MR) is 64.7 cm³/mol. The molecule has 0 aromatic rings. The maximum absolute atomic E-state index is 11.0. The van der Waals surface area contributed by atoms with Gasteiger partial charge in [-0.3, -0.25) is 13.2 Å². The van der Waals surface area contributed by atoms with Crippen LogP contribution in [0.2, 0.25) is 0 Å². The SMILES string of the molecule is CC(=O)NC1C(O)OC(COS(=O)(=O)[O-])C(OS(=O)(=O)[O-])C1O.[Na+].[Na+]. The summed E-state index contributed by atoms with van der Waals surface area (Å²) in [5.41, 5.74) is 0. The second kappa shape index (κ2) is 11.2. The molecule has 13 nitrogen and oxygen atoms in total. The van der Waals surface area contributed by atoms with Gasteiger partial charge in [-0.1, -0.05) is 0 Å². The van der Waals surface area contributed by atoms with Crippen molar-refractivity contribution in [2.75, 3.05) is 6.61 Å². The van der Waals surface area contributed by atoms with E-state index >= 15 is 0 Å². The summed E-state index contributed by atoms with van der Waals surface area (Å²) in [4.78, 5) is 11.0. The Morgan fingerprint density at radius 2 is 1.68 bits per heavy atom. The number of hydrogen-bond acceptors (Lipinski definition) is 12. The zero-order chi connectivity index (χ0) is 18.0. The van der Waals surface area contributed by atoms with Crippen LogP contribution in [-0.2, 0) is 38.7 Å². The van der Waals surface area contributed by atoms with Crippen molar-refractivity contribution in [3.63, 3.8) is 0 Å². The average molecular weight is 425 g/mol. The topological polar surface area (TPSA) is 212 Å². The van der Waals surface area contributed by atoms with Crippen molar-refractivity contribution in [3.05, 3.63) is 0 Å². The minimum Gasteiger partial charge on any atom is -0.726 e. The molecule has 3 N–H and O–H groups in total. The molecule has 1 heterocycles. The van der Waals surface area contributed by atoms with Gasteiger partial charge in [0.25, 0.3) is 0 Å². The Hall–Kier alpha value is 1.09. The van der Waals surface area contributed by atoms with Gasteiger partial charge >= 0.3 is 59.1 Å². The van der Waals surface area contributed by atoms with Gasteiger partial charge in [-0.05, 0) is 0 Å². The Morgan fingerprint density at radius 1 is 1.16 bits per heavy atom. The van der Waals surface area contributed by atoms with E-state index in [0.29, 0.717) is 0 Å². The molecule has 0 saturated carbocycles. The van der Waals surface area contributed by atoms with Crippen molar-refractivity contribution in [2.24, 2.45) is 0 Å². The zero-order valence-electron chi connectivity index (χ0n) is 13.4. The van der Waals surface area contributed by atoms with Gasteiger partial charge in [0.15, 0.2) is 6.29 Å². The largest absolute Gasteiger partial charge is 1.00 e. The van der Waals surface area contributed by atoms with Crippen molar-refractivity contribution in [1.82, 2.24) is 5.32 Å². The van der Waals surface area contributed by atoms with Gasteiger partial charge in [0.2, 0.25) is 26.7 Å². The standard InChI is InChI=1S/C8H15NO12S2.2Na/c1-3(10)9-5-6(11)7(21-23(16,17)18)4(20-8(5)12)2-19-22(13,14)15;;/h4-8,11-12H,2H2,1H3,(H,9,10)(H,13,14,15)(H,16,17,18);;/q;2*+1/p-2. The summed E-state index contributed by atoms with van der Waals surface area (Å²) < 4.78 is 75.9. The molecule has 25 heavy (non-hydrogen) atoms. The molecule has 1 rings (SSSR count). The molecule has 136 valence electrons. The van der Waals surface area contributed by atoms with Crippen LogP contribution in [0, 0.1) is 0 Å². The molecule has 1 amide bonds. The summed E-state index contributed by atoms with van der Waals surface area (Å²) >= 11 is 0. The summed E-state index contributed by atoms with van der Waals surface area (Å²) in [5, 5.41) is 21.6. The summed E-state index contributed by atoms with van der Waals surface area (Å²) in [7, 11) is -10.6. The van der Waals surface area contributed by atoms with Crippen LogP contribution in [0.5, 0.6) is 0 Å². The van der Waals surface area contributed by atoms with E-state index < -0.39 is 64.0 Å². The fourth-order valence-electron chi connectivity index (χ4n) is 1.86. The van der Waals surface area contributed by atoms with Crippen LogP contribution in [0.1, 0.15) is 6.92 Å². The summed E-state index contributed by atoms with van der Waals surface area (Å²) in [6.45, 7) is -0.133. The van der Waals surface area contributed by atoms with Crippen LogP contribution >= 0.6 is 0 Å². The van der Waals surface area contributed by atoms with E-state index in [4.69, 9.17) is 4.74 Å². The van der Waals surface area contributed by atoms with E-state index in [0.717, 1.165) is 6.92 Å². The number of carbonyl (C=O) groups excluding carboxylic acids is 1. The second-order valence-electron chi connectivity index (χ2n) is 4.44. The number of nitrogens with one attached hydrogen (secondary N) is 1. The summed E-state index contributed by atoms with van der Waals surface area (Å²) in [6.07, 6.45) is -7.77. The van der Waals surface area contributed by atoms with Crippen LogP contribution in [0.3, 0.4) is 0 Å². The number of rotatable bonds is 6. The number of amides is 1. The fraction of sp³-hybridized carbons (Fsp3) is 0.875. The molecule has 1 saturated heterocycles. The van der Waals surface area contributed by atoms with E-state index in [1.54, 1.807) is 0 Å². The van der Waals surface area contributed by atoms with E-state index in [-0.39, 0.29) is 59.1 Å². The van der Waals surface area contributed by atoms with Crippen molar-refractivity contribution >= 4 is 26.7 Å². The molecule has 0 spiro atoms.